The molecule has 1 aromatic carbocycles. The van der Waals surface area contributed by atoms with Crippen LogP contribution in [-0.4, -0.2) is 37.4 Å². The minimum atomic E-state index is -3.63. The summed E-state index contributed by atoms with van der Waals surface area (Å²) in [6.45, 7) is 0.994. The second kappa shape index (κ2) is 7.21. The van der Waals surface area contributed by atoms with Crippen LogP contribution in [0.2, 0.25) is 0 Å². The van der Waals surface area contributed by atoms with Gasteiger partial charge in [0.1, 0.15) is 11.0 Å². The summed E-state index contributed by atoms with van der Waals surface area (Å²) in [5, 5.41) is 19.8. The van der Waals surface area contributed by atoms with Crippen LogP contribution in [0.15, 0.2) is 34.3 Å². The van der Waals surface area contributed by atoms with Crippen molar-refractivity contribution in [2.24, 2.45) is 10.8 Å². The molecule has 0 amide bonds. The zero-order valence-corrected chi connectivity index (χ0v) is 13.3. The van der Waals surface area contributed by atoms with Gasteiger partial charge >= 0.3 is 0 Å². The summed E-state index contributed by atoms with van der Waals surface area (Å²) in [5.41, 5.74) is 7.68. The zero-order chi connectivity index (χ0) is 16.9. The van der Waals surface area contributed by atoms with E-state index < -0.39 is 15.9 Å². The van der Waals surface area contributed by atoms with Crippen LogP contribution in [0.25, 0.3) is 0 Å². The maximum absolute atomic E-state index is 12.8. The number of nitrogens with one attached hydrogen (secondary N) is 2. The van der Waals surface area contributed by atoms with Gasteiger partial charge in [-0.1, -0.05) is 18.6 Å². The molecule has 0 atom stereocenters. The molecule has 0 bridgehead atoms. The first kappa shape index (κ1) is 16.9. The Balaban J connectivity index is 2.34. The molecule has 1 fully saturated rings. The van der Waals surface area contributed by atoms with Crippen molar-refractivity contribution in [3.05, 3.63) is 24.3 Å². The number of benzene rings is 1. The van der Waals surface area contributed by atoms with Gasteiger partial charge < -0.3 is 5.73 Å². The van der Waals surface area contributed by atoms with E-state index >= 15 is 0 Å². The van der Waals surface area contributed by atoms with Crippen LogP contribution in [0.5, 0.6) is 0 Å². The highest BCUT2D eigenvalue weighted by molar-refractivity contribution is 7.89. The van der Waals surface area contributed by atoms with Gasteiger partial charge in [0.2, 0.25) is 15.7 Å². The Morgan fingerprint density at radius 1 is 1.30 bits per heavy atom. The molecule has 8 nitrogen and oxygen atoms in total. The van der Waals surface area contributed by atoms with Gasteiger partial charge in [-0.15, -0.1) is 0 Å². The van der Waals surface area contributed by atoms with E-state index in [1.807, 2.05) is 0 Å². The molecule has 1 saturated heterocycles. The quantitative estimate of drug-likeness (QED) is 0.421. The third kappa shape index (κ3) is 3.85. The van der Waals surface area contributed by atoms with Crippen molar-refractivity contribution in [3.8, 4) is 6.07 Å². The lowest BCUT2D eigenvalue weighted by molar-refractivity contribution is 0.347. The summed E-state index contributed by atoms with van der Waals surface area (Å²) in [4.78, 5) is 0.0893. The second-order valence-electron chi connectivity index (χ2n) is 5.06. The molecule has 9 heteroatoms. The molecule has 0 spiro atoms. The van der Waals surface area contributed by atoms with Gasteiger partial charge in [0.05, 0.1) is 5.69 Å². The molecule has 0 saturated carbocycles. The number of sulfonamides is 1. The smallest absolute Gasteiger partial charge is 0.245 e. The molecule has 0 unspecified atom stereocenters. The largest absolute Gasteiger partial charge is 0.382 e. The van der Waals surface area contributed by atoms with E-state index in [1.165, 1.54) is 10.4 Å². The molecular formula is C14H18N6O2S. The Labute approximate surface area is 135 Å². The molecule has 0 radical (unpaired) electrons. The second-order valence-corrected chi connectivity index (χ2v) is 6.96. The number of rotatable bonds is 5. The molecular weight excluding hydrogens is 316 g/mol. The zero-order valence-electron chi connectivity index (χ0n) is 12.5. The van der Waals surface area contributed by atoms with Crippen LogP contribution < -0.4 is 11.2 Å². The fourth-order valence-corrected chi connectivity index (χ4v) is 3.95. The van der Waals surface area contributed by atoms with E-state index in [4.69, 9.17) is 16.4 Å². The van der Waals surface area contributed by atoms with Crippen molar-refractivity contribution >= 4 is 27.3 Å². The van der Waals surface area contributed by atoms with E-state index in [0.717, 1.165) is 19.3 Å². The molecule has 1 aliphatic heterocycles. The number of piperidine rings is 1. The van der Waals surface area contributed by atoms with Gasteiger partial charge in [0.25, 0.3) is 0 Å². The number of anilines is 1. The highest BCUT2D eigenvalue weighted by Crippen LogP contribution is 2.26. The number of nitriles is 1. The number of nitrogens with zero attached hydrogens (tertiary/aromatic N) is 3. The lowest BCUT2D eigenvalue weighted by atomic mass is 10.2. The Hall–Kier alpha value is -2.44. The normalized spacial score (nSPS) is 16.6. The van der Waals surface area contributed by atoms with Crippen molar-refractivity contribution in [2.75, 3.05) is 18.5 Å². The standard InChI is InChI=1S/C14H18N6O2S/c15-10-12(14(16)17)19-18-11-6-2-3-7-13(11)23(21,22)20-8-4-1-5-9-20/h2-3,6-7,18H,1,4-5,8-9H2,(H3,16,17)/b19-12+. The predicted octanol–water partition coefficient (Wildman–Crippen LogP) is 1.09. The molecule has 0 aromatic heterocycles. The van der Waals surface area contributed by atoms with E-state index in [9.17, 15) is 8.42 Å². The van der Waals surface area contributed by atoms with E-state index in [0.29, 0.717) is 13.1 Å². The number of hydrogen-bond acceptors (Lipinski definition) is 6. The van der Waals surface area contributed by atoms with Gasteiger partial charge in [0.15, 0.2) is 5.84 Å². The number of amidine groups is 1. The average molecular weight is 334 g/mol. The SMILES string of the molecule is N#C/C(=N\Nc1ccccc1S(=O)(=O)N1CCCCC1)C(=N)N. The summed E-state index contributed by atoms with van der Waals surface area (Å²) >= 11 is 0. The molecule has 122 valence electrons. The minimum absolute atomic E-state index is 0.0893. The third-order valence-corrected chi connectivity index (χ3v) is 5.43. The molecule has 1 aromatic rings. The maximum atomic E-state index is 12.8. The summed E-state index contributed by atoms with van der Waals surface area (Å²) in [6, 6.07) is 8.00. The first-order valence-corrected chi connectivity index (χ1v) is 8.58. The van der Waals surface area contributed by atoms with Crippen LogP contribution in [-0.2, 0) is 10.0 Å². The van der Waals surface area contributed by atoms with Crippen LogP contribution in [0.3, 0.4) is 0 Å². The predicted molar refractivity (Wildman–Crippen MR) is 87.6 cm³/mol. The molecule has 23 heavy (non-hydrogen) atoms. The number of para-hydroxylation sites is 1. The van der Waals surface area contributed by atoms with Gasteiger partial charge in [-0.25, -0.2) is 8.42 Å². The van der Waals surface area contributed by atoms with Gasteiger partial charge in [0, 0.05) is 13.1 Å². The van der Waals surface area contributed by atoms with Crippen molar-refractivity contribution in [1.82, 2.24) is 4.31 Å². The van der Waals surface area contributed by atoms with E-state index in [2.05, 4.69) is 10.5 Å². The Kier molecular flexibility index (Phi) is 5.31. The van der Waals surface area contributed by atoms with Crippen molar-refractivity contribution in [2.45, 2.75) is 24.2 Å². The monoisotopic (exact) mass is 334 g/mol. The van der Waals surface area contributed by atoms with Gasteiger partial charge in [-0.2, -0.15) is 14.7 Å². The van der Waals surface area contributed by atoms with Crippen molar-refractivity contribution in [3.63, 3.8) is 0 Å². The van der Waals surface area contributed by atoms with Crippen molar-refractivity contribution < 1.29 is 8.42 Å². The lowest BCUT2D eigenvalue weighted by Crippen LogP contribution is -2.35. The first-order valence-electron chi connectivity index (χ1n) is 7.14. The minimum Gasteiger partial charge on any atom is -0.382 e. The van der Waals surface area contributed by atoms with Crippen LogP contribution in [0, 0.1) is 16.7 Å². The fraction of sp³-hybridized carbons (Fsp3) is 0.357. The summed E-state index contributed by atoms with van der Waals surface area (Å²) < 4.78 is 27.0. The third-order valence-electron chi connectivity index (χ3n) is 3.47. The summed E-state index contributed by atoms with van der Waals surface area (Å²) in [5.74, 6) is -0.489. The summed E-state index contributed by atoms with van der Waals surface area (Å²) in [7, 11) is -3.63. The fourth-order valence-electron chi connectivity index (χ4n) is 2.29. The van der Waals surface area contributed by atoms with Crippen LogP contribution >= 0.6 is 0 Å². The first-order chi connectivity index (χ1) is 11.0. The Bertz CT molecular complexity index is 760. The molecule has 4 N–H and O–H groups in total. The Morgan fingerprint density at radius 3 is 2.57 bits per heavy atom. The van der Waals surface area contributed by atoms with E-state index in [1.54, 1.807) is 24.3 Å². The highest BCUT2D eigenvalue weighted by Gasteiger charge is 2.28. The average Bonchev–Trinajstić information content (AvgIpc) is 2.56. The molecule has 0 aliphatic carbocycles. The number of hydrogen-bond donors (Lipinski definition) is 3. The highest BCUT2D eigenvalue weighted by atomic mass is 32.2. The summed E-state index contributed by atoms with van der Waals surface area (Å²) in [6.07, 6.45) is 2.71. The lowest BCUT2D eigenvalue weighted by Gasteiger charge is -2.26. The Morgan fingerprint density at radius 2 is 1.96 bits per heavy atom. The number of hydrazone groups is 1. The van der Waals surface area contributed by atoms with Crippen molar-refractivity contribution in [1.29, 1.82) is 10.7 Å². The topological polar surface area (TPSA) is 135 Å². The van der Waals surface area contributed by atoms with E-state index in [-0.39, 0.29) is 16.3 Å². The number of nitrogens with two attached hydrogens (primary N) is 1. The van der Waals surface area contributed by atoms with Gasteiger partial charge in [-0.05, 0) is 25.0 Å². The molecule has 1 aliphatic rings. The molecule has 2 rings (SSSR count). The van der Waals surface area contributed by atoms with Crippen LogP contribution in [0.1, 0.15) is 19.3 Å². The van der Waals surface area contributed by atoms with Gasteiger partial charge in [-0.3, -0.25) is 10.8 Å². The molecule has 1 heterocycles. The van der Waals surface area contributed by atoms with Crippen LogP contribution in [0.4, 0.5) is 5.69 Å². The maximum Gasteiger partial charge on any atom is 0.245 e.